The van der Waals surface area contributed by atoms with E-state index in [0.717, 1.165) is 51.7 Å². The number of amides is 2. The van der Waals surface area contributed by atoms with Crippen LogP contribution in [0.25, 0.3) is 0 Å². The highest BCUT2D eigenvalue weighted by Crippen LogP contribution is 2.37. The second-order valence-electron chi connectivity index (χ2n) is 10.7. The third kappa shape index (κ3) is 5.26. The fraction of sp³-hybridized carbons (Fsp3) is 0.833. The van der Waals surface area contributed by atoms with Crippen LogP contribution in [0.3, 0.4) is 0 Å². The molecule has 0 spiro atoms. The van der Waals surface area contributed by atoms with Gasteiger partial charge in [0.1, 0.15) is 0 Å². The Bertz CT molecular complexity index is 809. The SMILES string of the molecule is Cc1nc(N2C[C@@H]3C[C@@H](C2)[C@@H]2CCCC(=O)N[C@H](C(C)C)CC[C@@H](C)CC(=O)N2C3)no1. The number of piperidine rings is 2. The predicted molar refractivity (Wildman–Crippen MR) is 122 cm³/mol. The number of nitrogens with zero attached hydrogens (tertiary/aromatic N) is 4. The van der Waals surface area contributed by atoms with E-state index in [-0.39, 0.29) is 18.0 Å². The molecule has 8 heteroatoms. The van der Waals surface area contributed by atoms with Crippen molar-refractivity contribution >= 4 is 17.8 Å². The topological polar surface area (TPSA) is 91.6 Å². The Kier molecular flexibility index (Phi) is 7.05. The molecule has 0 radical (unpaired) electrons. The summed E-state index contributed by atoms with van der Waals surface area (Å²) in [6.45, 7) is 10.8. The van der Waals surface area contributed by atoms with Crippen molar-refractivity contribution in [1.82, 2.24) is 20.4 Å². The lowest BCUT2D eigenvalue weighted by atomic mass is 9.77. The minimum Gasteiger partial charge on any atom is -0.353 e. The molecule has 3 saturated heterocycles. The third-order valence-corrected chi connectivity index (χ3v) is 7.64. The zero-order valence-electron chi connectivity index (χ0n) is 20.0. The highest BCUT2D eigenvalue weighted by molar-refractivity contribution is 5.77. The van der Waals surface area contributed by atoms with Gasteiger partial charge < -0.3 is 19.6 Å². The van der Waals surface area contributed by atoms with E-state index in [4.69, 9.17) is 4.52 Å². The molecule has 1 aromatic rings. The summed E-state index contributed by atoms with van der Waals surface area (Å²) < 4.78 is 5.21. The molecule has 5 atom stereocenters. The molecule has 1 N–H and O–H groups in total. The zero-order chi connectivity index (χ0) is 22.8. The molecule has 3 aliphatic rings. The molecule has 2 bridgehead atoms. The standard InChI is InChI=1S/C24H39N5O3/c1-15(2)20-9-8-16(3)10-23(31)29-13-18-11-19(21(29)6-5-7-22(30)26-20)14-28(12-18)24-25-17(4)32-27-24/h15-16,18-21H,5-14H2,1-4H3,(H,26,30)/t16-,18+,19+,20+,21+/m1/s1. The molecule has 0 unspecified atom stereocenters. The molecule has 3 fully saturated rings. The first-order valence-electron chi connectivity index (χ1n) is 12.4. The summed E-state index contributed by atoms with van der Waals surface area (Å²) in [5.74, 6) is 3.20. The van der Waals surface area contributed by atoms with Gasteiger partial charge in [-0.3, -0.25) is 9.59 Å². The molecule has 0 aromatic carbocycles. The second-order valence-corrected chi connectivity index (χ2v) is 10.7. The van der Waals surface area contributed by atoms with Gasteiger partial charge in [-0.25, -0.2) is 0 Å². The van der Waals surface area contributed by atoms with Crippen LogP contribution < -0.4 is 10.2 Å². The molecule has 0 saturated carbocycles. The Balaban J connectivity index is 1.51. The summed E-state index contributed by atoms with van der Waals surface area (Å²) in [5, 5.41) is 7.39. The summed E-state index contributed by atoms with van der Waals surface area (Å²) in [6.07, 6.45) is 5.83. The average molecular weight is 446 g/mol. The van der Waals surface area contributed by atoms with Crippen LogP contribution in [0.2, 0.25) is 0 Å². The fourth-order valence-electron chi connectivity index (χ4n) is 5.89. The van der Waals surface area contributed by atoms with Crippen molar-refractivity contribution in [3.05, 3.63) is 5.89 Å². The predicted octanol–water partition coefficient (Wildman–Crippen LogP) is 3.16. The number of hydrogen-bond acceptors (Lipinski definition) is 6. The number of aromatic nitrogens is 2. The summed E-state index contributed by atoms with van der Waals surface area (Å²) in [6, 6.07) is 0.366. The minimum atomic E-state index is 0.148. The van der Waals surface area contributed by atoms with E-state index in [0.29, 0.717) is 54.3 Å². The van der Waals surface area contributed by atoms with Gasteiger partial charge in [0, 0.05) is 51.5 Å². The Morgan fingerprint density at radius 1 is 1.12 bits per heavy atom. The lowest BCUT2D eigenvalue weighted by molar-refractivity contribution is -0.139. The number of fused-ring (bicyclic) bond motifs is 4. The molecule has 32 heavy (non-hydrogen) atoms. The van der Waals surface area contributed by atoms with Crippen molar-refractivity contribution in [3.63, 3.8) is 0 Å². The normalized spacial score (nSPS) is 32.6. The van der Waals surface area contributed by atoms with Crippen molar-refractivity contribution in [3.8, 4) is 0 Å². The molecule has 3 aliphatic heterocycles. The van der Waals surface area contributed by atoms with Crippen LogP contribution in [0.4, 0.5) is 5.95 Å². The van der Waals surface area contributed by atoms with Crippen LogP contribution in [0.15, 0.2) is 4.52 Å². The van der Waals surface area contributed by atoms with E-state index in [1.54, 1.807) is 0 Å². The molecule has 4 rings (SSSR count). The summed E-state index contributed by atoms with van der Waals surface area (Å²) in [4.78, 5) is 34.9. The van der Waals surface area contributed by atoms with E-state index in [9.17, 15) is 9.59 Å². The van der Waals surface area contributed by atoms with Gasteiger partial charge in [0.25, 0.3) is 5.95 Å². The first kappa shape index (κ1) is 23.1. The summed E-state index contributed by atoms with van der Waals surface area (Å²) in [7, 11) is 0. The van der Waals surface area contributed by atoms with E-state index < -0.39 is 0 Å². The maximum atomic E-state index is 13.4. The lowest BCUT2D eigenvalue weighted by Gasteiger charge is -2.51. The van der Waals surface area contributed by atoms with Crippen molar-refractivity contribution in [2.75, 3.05) is 24.5 Å². The number of hydrogen-bond donors (Lipinski definition) is 1. The zero-order valence-corrected chi connectivity index (χ0v) is 20.0. The largest absolute Gasteiger partial charge is 0.353 e. The number of nitrogens with one attached hydrogen (secondary N) is 1. The maximum absolute atomic E-state index is 13.4. The Hall–Kier alpha value is -2.12. The minimum absolute atomic E-state index is 0.148. The quantitative estimate of drug-likeness (QED) is 0.752. The monoisotopic (exact) mass is 445 g/mol. The van der Waals surface area contributed by atoms with Gasteiger partial charge >= 0.3 is 0 Å². The number of carbonyl (C=O) groups is 2. The van der Waals surface area contributed by atoms with Gasteiger partial charge in [-0.1, -0.05) is 20.8 Å². The first-order chi connectivity index (χ1) is 15.3. The van der Waals surface area contributed by atoms with E-state index in [1.165, 1.54) is 0 Å². The number of anilines is 1. The third-order valence-electron chi connectivity index (χ3n) is 7.64. The van der Waals surface area contributed by atoms with Gasteiger partial charge in [0.15, 0.2) is 0 Å². The molecule has 2 amide bonds. The maximum Gasteiger partial charge on any atom is 0.266 e. The van der Waals surface area contributed by atoms with Crippen LogP contribution in [0.1, 0.15) is 71.6 Å². The summed E-state index contributed by atoms with van der Waals surface area (Å²) in [5.41, 5.74) is 0. The lowest BCUT2D eigenvalue weighted by Crippen LogP contribution is -2.59. The molecule has 0 aliphatic carbocycles. The number of carbonyl (C=O) groups excluding carboxylic acids is 2. The smallest absolute Gasteiger partial charge is 0.266 e. The van der Waals surface area contributed by atoms with Crippen LogP contribution in [-0.2, 0) is 9.59 Å². The Morgan fingerprint density at radius 2 is 1.94 bits per heavy atom. The second kappa shape index (κ2) is 9.79. The molecule has 178 valence electrons. The molecule has 1 aromatic heterocycles. The van der Waals surface area contributed by atoms with Gasteiger partial charge in [0.2, 0.25) is 17.7 Å². The van der Waals surface area contributed by atoms with Gasteiger partial charge in [0.05, 0.1) is 0 Å². The van der Waals surface area contributed by atoms with Crippen LogP contribution in [0, 0.1) is 30.6 Å². The number of aryl methyl sites for hydroxylation is 1. The summed E-state index contributed by atoms with van der Waals surface area (Å²) >= 11 is 0. The van der Waals surface area contributed by atoms with Gasteiger partial charge in [-0.15, -0.1) is 0 Å². The van der Waals surface area contributed by atoms with Crippen LogP contribution >= 0.6 is 0 Å². The Morgan fingerprint density at radius 3 is 2.66 bits per heavy atom. The van der Waals surface area contributed by atoms with Crippen LogP contribution in [0.5, 0.6) is 0 Å². The van der Waals surface area contributed by atoms with E-state index in [1.807, 2.05) is 6.92 Å². The van der Waals surface area contributed by atoms with Crippen molar-refractivity contribution in [1.29, 1.82) is 0 Å². The van der Waals surface area contributed by atoms with Crippen molar-refractivity contribution in [2.24, 2.45) is 23.7 Å². The molecular formula is C24H39N5O3. The number of rotatable bonds is 2. The van der Waals surface area contributed by atoms with Crippen molar-refractivity contribution < 1.29 is 14.1 Å². The molecular weight excluding hydrogens is 406 g/mol. The van der Waals surface area contributed by atoms with E-state index >= 15 is 0 Å². The van der Waals surface area contributed by atoms with Crippen molar-refractivity contribution in [2.45, 2.75) is 84.7 Å². The fourth-order valence-corrected chi connectivity index (χ4v) is 5.89. The average Bonchev–Trinajstić information content (AvgIpc) is 3.17. The highest BCUT2D eigenvalue weighted by Gasteiger charge is 2.43. The van der Waals surface area contributed by atoms with Gasteiger partial charge in [-0.2, -0.15) is 4.98 Å². The highest BCUT2D eigenvalue weighted by atomic mass is 16.5. The molecule has 8 nitrogen and oxygen atoms in total. The molecule has 4 heterocycles. The van der Waals surface area contributed by atoms with E-state index in [2.05, 4.69) is 46.0 Å². The van der Waals surface area contributed by atoms with Gasteiger partial charge in [-0.05, 0) is 60.9 Å². The first-order valence-corrected chi connectivity index (χ1v) is 12.4. The van der Waals surface area contributed by atoms with Crippen LogP contribution in [-0.4, -0.2) is 58.6 Å². The Labute approximate surface area is 191 Å².